The number of piperazine rings is 1. The maximum absolute atomic E-state index is 13.2. The van der Waals surface area contributed by atoms with Crippen LogP contribution in [0, 0.1) is 5.82 Å². The Kier molecular flexibility index (Phi) is 4.88. The number of ether oxygens (including phenoxy) is 1. The third-order valence-corrected chi connectivity index (χ3v) is 5.97. The SMILES string of the molecule is COc1ccc2nc(N3CCN(C(=O)c4ccc(F)cc4Cl)CC3)sc2c1. The van der Waals surface area contributed by atoms with E-state index in [0.29, 0.717) is 31.7 Å². The molecule has 0 aliphatic carbocycles. The molecule has 1 aliphatic rings. The highest BCUT2D eigenvalue weighted by molar-refractivity contribution is 7.22. The zero-order valence-electron chi connectivity index (χ0n) is 14.6. The quantitative estimate of drug-likeness (QED) is 0.659. The second-order valence-corrected chi connectivity index (χ2v) is 7.65. The summed E-state index contributed by atoms with van der Waals surface area (Å²) in [7, 11) is 1.65. The van der Waals surface area contributed by atoms with Gasteiger partial charge in [0.05, 0.1) is 27.9 Å². The predicted molar refractivity (Wildman–Crippen MR) is 106 cm³/mol. The van der Waals surface area contributed by atoms with E-state index in [9.17, 15) is 9.18 Å². The molecule has 5 nitrogen and oxygen atoms in total. The van der Waals surface area contributed by atoms with Crippen LogP contribution in [0.1, 0.15) is 10.4 Å². The van der Waals surface area contributed by atoms with Gasteiger partial charge in [0.1, 0.15) is 11.6 Å². The molecule has 3 aromatic rings. The number of hydrogen-bond acceptors (Lipinski definition) is 5. The van der Waals surface area contributed by atoms with Crippen molar-refractivity contribution in [2.75, 3.05) is 38.2 Å². The predicted octanol–water partition coefficient (Wildman–Crippen LogP) is 4.06. The van der Waals surface area contributed by atoms with Crippen LogP contribution in [0.3, 0.4) is 0 Å². The lowest BCUT2D eigenvalue weighted by Crippen LogP contribution is -2.48. The van der Waals surface area contributed by atoms with Crippen molar-refractivity contribution < 1.29 is 13.9 Å². The van der Waals surface area contributed by atoms with Gasteiger partial charge in [-0.05, 0) is 36.4 Å². The summed E-state index contributed by atoms with van der Waals surface area (Å²) in [5.74, 6) is 0.187. The highest BCUT2D eigenvalue weighted by atomic mass is 35.5. The maximum Gasteiger partial charge on any atom is 0.255 e. The molecular weight excluding hydrogens is 389 g/mol. The van der Waals surface area contributed by atoms with E-state index in [0.717, 1.165) is 21.1 Å². The fourth-order valence-electron chi connectivity index (χ4n) is 3.09. The number of aromatic nitrogens is 1. The average Bonchev–Trinajstić information content (AvgIpc) is 3.11. The molecule has 2 heterocycles. The summed E-state index contributed by atoms with van der Waals surface area (Å²) in [5.41, 5.74) is 1.27. The normalized spacial score (nSPS) is 14.6. The molecule has 140 valence electrons. The molecule has 27 heavy (non-hydrogen) atoms. The van der Waals surface area contributed by atoms with Gasteiger partial charge < -0.3 is 14.5 Å². The Morgan fingerprint density at radius 1 is 1.19 bits per heavy atom. The van der Waals surface area contributed by atoms with Crippen molar-refractivity contribution in [1.82, 2.24) is 9.88 Å². The van der Waals surface area contributed by atoms with E-state index in [1.165, 1.54) is 18.2 Å². The van der Waals surface area contributed by atoms with Crippen LogP contribution in [0.25, 0.3) is 10.2 Å². The Balaban J connectivity index is 1.46. The number of fused-ring (bicyclic) bond motifs is 1. The molecule has 0 unspecified atom stereocenters. The van der Waals surface area contributed by atoms with E-state index >= 15 is 0 Å². The van der Waals surface area contributed by atoms with Crippen molar-refractivity contribution in [2.45, 2.75) is 0 Å². The lowest BCUT2D eigenvalue weighted by atomic mass is 10.1. The summed E-state index contributed by atoms with van der Waals surface area (Å²) in [6, 6.07) is 9.69. The molecule has 1 aromatic heterocycles. The second kappa shape index (κ2) is 7.32. The molecule has 0 spiro atoms. The molecular formula is C19H17ClFN3O2S. The Hall–Kier alpha value is -2.38. The second-order valence-electron chi connectivity index (χ2n) is 6.23. The summed E-state index contributed by atoms with van der Waals surface area (Å²) in [6.45, 7) is 2.49. The van der Waals surface area contributed by atoms with Crippen molar-refractivity contribution in [2.24, 2.45) is 0 Å². The number of halogens is 2. The average molecular weight is 406 g/mol. The fraction of sp³-hybridized carbons (Fsp3) is 0.263. The molecule has 1 fully saturated rings. The van der Waals surface area contributed by atoms with E-state index in [-0.39, 0.29) is 10.9 Å². The van der Waals surface area contributed by atoms with Crippen LogP contribution >= 0.6 is 22.9 Å². The van der Waals surface area contributed by atoms with Gasteiger partial charge in [-0.15, -0.1) is 0 Å². The van der Waals surface area contributed by atoms with Gasteiger partial charge >= 0.3 is 0 Å². The van der Waals surface area contributed by atoms with Crippen LogP contribution in [0.2, 0.25) is 5.02 Å². The third kappa shape index (κ3) is 3.57. The van der Waals surface area contributed by atoms with E-state index in [2.05, 4.69) is 9.88 Å². The minimum atomic E-state index is -0.450. The highest BCUT2D eigenvalue weighted by Crippen LogP contribution is 2.32. The van der Waals surface area contributed by atoms with Gasteiger partial charge in [-0.25, -0.2) is 9.37 Å². The van der Waals surface area contributed by atoms with Crippen molar-refractivity contribution in [3.8, 4) is 5.75 Å². The number of methoxy groups -OCH3 is 1. The summed E-state index contributed by atoms with van der Waals surface area (Å²) in [5, 5.41) is 1.08. The summed E-state index contributed by atoms with van der Waals surface area (Å²) >= 11 is 7.63. The molecule has 0 radical (unpaired) electrons. The summed E-state index contributed by atoms with van der Waals surface area (Å²) in [6.07, 6.45) is 0. The van der Waals surface area contributed by atoms with Crippen molar-refractivity contribution in [3.05, 3.63) is 52.8 Å². The molecule has 0 N–H and O–H groups in total. The van der Waals surface area contributed by atoms with Crippen LogP contribution in [-0.2, 0) is 0 Å². The van der Waals surface area contributed by atoms with Crippen LogP contribution in [0.4, 0.5) is 9.52 Å². The topological polar surface area (TPSA) is 45.7 Å². The van der Waals surface area contributed by atoms with Crippen LogP contribution < -0.4 is 9.64 Å². The van der Waals surface area contributed by atoms with Gasteiger partial charge in [-0.1, -0.05) is 22.9 Å². The van der Waals surface area contributed by atoms with Gasteiger partial charge in [0.25, 0.3) is 5.91 Å². The number of hydrogen-bond donors (Lipinski definition) is 0. The lowest BCUT2D eigenvalue weighted by molar-refractivity contribution is 0.0747. The van der Waals surface area contributed by atoms with Gasteiger partial charge in [0, 0.05) is 26.2 Å². The molecule has 1 saturated heterocycles. The minimum absolute atomic E-state index is 0.141. The number of benzene rings is 2. The van der Waals surface area contributed by atoms with E-state index < -0.39 is 5.82 Å². The zero-order chi connectivity index (χ0) is 19.0. The minimum Gasteiger partial charge on any atom is -0.497 e. The first-order valence-corrected chi connectivity index (χ1v) is 9.68. The number of rotatable bonds is 3. The Labute approximate surface area is 164 Å². The number of carbonyl (C=O) groups excluding carboxylic acids is 1. The number of carbonyl (C=O) groups is 1. The number of thiazole rings is 1. The van der Waals surface area contributed by atoms with Crippen LogP contribution in [0.15, 0.2) is 36.4 Å². The Morgan fingerprint density at radius 3 is 2.67 bits per heavy atom. The number of anilines is 1. The largest absolute Gasteiger partial charge is 0.497 e. The first-order chi connectivity index (χ1) is 13.0. The molecule has 2 aromatic carbocycles. The first-order valence-electron chi connectivity index (χ1n) is 8.49. The summed E-state index contributed by atoms with van der Waals surface area (Å²) < 4.78 is 19.5. The molecule has 0 bridgehead atoms. The Morgan fingerprint density at radius 2 is 1.96 bits per heavy atom. The lowest BCUT2D eigenvalue weighted by Gasteiger charge is -2.34. The maximum atomic E-state index is 13.2. The molecule has 0 atom stereocenters. The molecule has 0 saturated carbocycles. The van der Waals surface area contributed by atoms with Gasteiger partial charge in [0.15, 0.2) is 5.13 Å². The van der Waals surface area contributed by atoms with Crippen LogP contribution in [-0.4, -0.2) is 49.1 Å². The molecule has 1 amide bonds. The molecule has 1 aliphatic heterocycles. The third-order valence-electron chi connectivity index (χ3n) is 4.58. The summed E-state index contributed by atoms with van der Waals surface area (Å²) in [4.78, 5) is 21.3. The van der Waals surface area contributed by atoms with Crippen molar-refractivity contribution in [1.29, 1.82) is 0 Å². The fourth-order valence-corrected chi connectivity index (χ4v) is 4.38. The standard InChI is InChI=1S/C19H17ClFN3O2S/c1-26-13-3-5-16-17(11-13)27-19(22-16)24-8-6-23(7-9-24)18(25)14-4-2-12(21)10-15(14)20/h2-5,10-11H,6-9H2,1H3. The Bertz CT molecular complexity index is 1000. The highest BCUT2D eigenvalue weighted by Gasteiger charge is 2.25. The molecule has 8 heteroatoms. The molecule has 4 rings (SSSR count). The van der Waals surface area contributed by atoms with Crippen molar-refractivity contribution >= 4 is 44.2 Å². The number of nitrogens with zero attached hydrogens (tertiary/aromatic N) is 3. The number of amides is 1. The zero-order valence-corrected chi connectivity index (χ0v) is 16.2. The first kappa shape index (κ1) is 18.0. The van der Waals surface area contributed by atoms with Crippen molar-refractivity contribution in [3.63, 3.8) is 0 Å². The smallest absolute Gasteiger partial charge is 0.255 e. The van der Waals surface area contributed by atoms with Crippen LogP contribution in [0.5, 0.6) is 5.75 Å². The van der Waals surface area contributed by atoms with Gasteiger partial charge in [0.2, 0.25) is 0 Å². The van der Waals surface area contributed by atoms with E-state index in [1.54, 1.807) is 23.3 Å². The van der Waals surface area contributed by atoms with Gasteiger partial charge in [-0.3, -0.25) is 4.79 Å². The van der Waals surface area contributed by atoms with E-state index in [4.69, 9.17) is 16.3 Å². The van der Waals surface area contributed by atoms with Gasteiger partial charge in [-0.2, -0.15) is 0 Å². The monoisotopic (exact) mass is 405 g/mol. The van der Waals surface area contributed by atoms with E-state index in [1.807, 2.05) is 18.2 Å².